The summed E-state index contributed by atoms with van der Waals surface area (Å²) in [6.07, 6.45) is 2.91. The lowest BCUT2D eigenvalue weighted by Gasteiger charge is -2.09. The lowest BCUT2D eigenvalue weighted by atomic mass is 10.2. The van der Waals surface area contributed by atoms with Crippen molar-refractivity contribution in [2.45, 2.75) is 11.4 Å². The number of nitrogens with zero attached hydrogens (tertiary/aromatic N) is 2. The van der Waals surface area contributed by atoms with Gasteiger partial charge in [0.05, 0.1) is 43.5 Å². The van der Waals surface area contributed by atoms with Crippen LogP contribution in [0.25, 0.3) is 0 Å². The van der Waals surface area contributed by atoms with Gasteiger partial charge in [-0.05, 0) is 29.8 Å². The minimum Gasteiger partial charge on any atom is -0.276 e. The topological polar surface area (TPSA) is 64.0 Å². The molecule has 0 saturated heterocycles. The lowest BCUT2D eigenvalue weighted by molar-refractivity contribution is 0.601. The van der Waals surface area contributed by atoms with Crippen molar-refractivity contribution in [3.63, 3.8) is 0 Å². The molecule has 11 heteroatoms. The Balaban J connectivity index is 1.80. The van der Waals surface area contributed by atoms with Gasteiger partial charge < -0.3 is 0 Å². The summed E-state index contributed by atoms with van der Waals surface area (Å²) in [6.45, 7) is 0.381. The van der Waals surface area contributed by atoms with Crippen molar-refractivity contribution in [1.82, 2.24) is 9.78 Å². The number of benzene rings is 2. The fraction of sp³-hybridized carbons (Fsp3) is 0.0625. The van der Waals surface area contributed by atoms with Gasteiger partial charge in [0.25, 0.3) is 10.0 Å². The van der Waals surface area contributed by atoms with Crippen molar-refractivity contribution < 1.29 is 8.42 Å². The summed E-state index contributed by atoms with van der Waals surface area (Å²) in [4.78, 5) is -0.184. The highest BCUT2D eigenvalue weighted by atomic mass is 35.5. The van der Waals surface area contributed by atoms with Crippen LogP contribution in [0.4, 0.5) is 5.69 Å². The number of rotatable bonds is 5. The first-order chi connectivity index (χ1) is 12.7. The molecule has 3 aromatic rings. The van der Waals surface area contributed by atoms with Crippen LogP contribution in [0, 0.1) is 0 Å². The first-order valence-corrected chi connectivity index (χ1v) is 10.7. The minimum absolute atomic E-state index is 0.0416. The van der Waals surface area contributed by atoms with E-state index in [1.807, 2.05) is 0 Å². The molecule has 142 valence electrons. The van der Waals surface area contributed by atoms with Gasteiger partial charge in [0.2, 0.25) is 0 Å². The van der Waals surface area contributed by atoms with Crippen LogP contribution in [0.1, 0.15) is 5.56 Å². The van der Waals surface area contributed by atoms with Crippen molar-refractivity contribution in [1.29, 1.82) is 0 Å². The Labute approximate surface area is 180 Å². The predicted octanol–water partition coefficient (Wildman–Crippen LogP) is 6.00. The van der Waals surface area contributed by atoms with E-state index in [-0.39, 0.29) is 25.7 Å². The molecule has 0 spiro atoms. The summed E-state index contributed by atoms with van der Waals surface area (Å²) in [6, 6.07) is 7.65. The normalized spacial score (nSPS) is 11.6. The quantitative estimate of drug-likeness (QED) is 0.451. The third-order valence-corrected chi connectivity index (χ3v) is 6.79. The zero-order valence-electron chi connectivity index (χ0n) is 13.3. The van der Waals surface area contributed by atoms with E-state index in [2.05, 4.69) is 9.82 Å². The summed E-state index contributed by atoms with van der Waals surface area (Å²) in [5, 5.41) is 5.21. The maximum absolute atomic E-state index is 12.6. The average molecular weight is 486 g/mol. The van der Waals surface area contributed by atoms with Gasteiger partial charge in [0.1, 0.15) is 4.90 Å². The molecular weight excluding hydrogens is 476 g/mol. The molecule has 0 amide bonds. The summed E-state index contributed by atoms with van der Waals surface area (Å²) in [7, 11) is -3.97. The smallest absolute Gasteiger partial charge is 0.263 e. The van der Waals surface area contributed by atoms with Gasteiger partial charge in [-0.1, -0.05) is 64.1 Å². The second kappa shape index (κ2) is 8.07. The molecule has 0 aliphatic carbocycles. The molecule has 1 aromatic heterocycles. The van der Waals surface area contributed by atoms with Crippen LogP contribution in [0.3, 0.4) is 0 Å². The Hall–Kier alpha value is -1.15. The molecule has 0 atom stereocenters. The zero-order chi connectivity index (χ0) is 19.8. The van der Waals surface area contributed by atoms with Crippen molar-refractivity contribution >= 4 is 73.7 Å². The zero-order valence-corrected chi connectivity index (χ0v) is 17.9. The van der Waals surface area contributed by atoms with Crippen LogP contribution in [-0.4, -0.2) is 18.2 Å². The van der Waals surface area contributed by atoms with Crippen molar-refractivity contribution in [2.24, 2.45) is 0 Å². The van der Waals surface area contributed by atoms with E-state index in [4.69, 9.17) is 58.0 Å². The SMILES string of the molecule is O=S(=O)(Nc1cnn(Cc2ccc(Cl)c(Cl)c2)c1)c1cc(Cl)c(Cl)cc1Cl. The number of hydrogen-bond donors (Lipinski definition) is 1. The molecule has 0 aliphatic rings. The minimum atomic E-state index is -3.97. The highest BCUT2D eigenvalue weighted by molar-refractivity contribution is 7.92. The molecule has 2 aromatic carbocycles. The number of halogens is 5. The van der Waals surface area contributed by atoms with Crippen LogP contribution in [0.2, 0.25) is 25.1 Å². The maximum Gasteiger partial charge on any atom is 0.263 e. The first kappa shape index (κ1) is 20.6. The van der Waals surface area contributed by atoms with Crippen LogP contribution in [0.15, 0.2) is 47.6 Å². The number of nitrogens with one attached hydrogen (secondary N) is 1. The van der Waals surface area contributed by atoms with Crippen LogP contribution >= 0.6 is 58.0 Å². The summed E-state index contributed by atoms with van der Waals surface area (Å²) in [5.74, 6) is 0. The Morgan fingerprint density at radius 3 is 2.26 bits per heavy atom. The van der Waals surface area contributed by atoms with Gasteiger partial charge in [-0.25, -0.2) is 8.42 Å². The van der Waals surface area contributed by atoms with E-state index in [0.717, 1.165) is 5.56 Å². The third kappa shape index (κ3) is 4.83. The Kier molecular flexibility index (Phi) is 6.15. The Bertz CT molecular complexity index is 1120. The highest BCUT2D eigenvalue weighted by Crippen LogP contribution is 2.32. The van der Waals surface area contributed by atoms with Crippen molar-refractivity contribution in [3.05, 3.63) is 73.4 Å². The highest BCUT2D eigenvalue weighted by Gasteiger charge is 2.21. The molecule has 0 aliphatic heterocycles. The standard InChI is InChI=1S/C16H10Cl5N3O2S/c17-11-2-1-9(3-12(11)18)7-24-8-10(6-22-24)23-27(25,26)16-5-14(20)13(19)4-15(16)21/h1-6,8,23H,7H2. The van der Waals surface area contributed by atoms with Gasteiger partial charge >= 0.3 is 0 Å². The summed E-state index contributed by atoms with van der Waals surface area (Å²) in [5.41, 5.74) is 1.12. The predicted molar refractivity (Wildman–Crippen MR) is 110 cm³/mol. The van der Waals surface area contributed by atoms with E-state index in [9.17, 15) is 8.42 Å². The molecular formula is C16H10Cl5N3O2S. The Morgan fingerprint density at radius 2 is 1.56 bits per heavy atom. The Morgan fingerprint density at radius 1 is 0.889 bits per heavy atom. The monoisotopic (exact) mass is 483 g/mol. The number of hydrogen-bond acceptors (Lipinski definition) is 3. The molecule has 3 rings (SSSR count). The number of anilines is 1. The van der Waals surface area contributed by atoms with Gasteiger partial charge in [0, 0.05) is 6.20 Å². The molecule has 5 nitrogen and oxygen atoms in total. The summed E-state index contributed by atoms with van der Waals surface area (Å²) < 4.78 is 29.1. The van der Waals surface area contributed by atoms with Crippen LogP contribution in [0.5, 0.6) is 0 Å². The van der Waals surface area contributed by atoms with E-state index < -0.39 is 10.0 Å². The molecule has 1 N–H and O–H groups in total. The van der Waals surface area contributed by atoms with E-state index in [1.165, 1.54) is 24.5 Å². The first-order valence-electron chi connectivity index (χ1n) is 7.29. The van der Waals surface area contributed by atoms with Crippen molar-refractivity contribution in [3.8, 4) is 0 Å². The summed E-state index contributed by atoms with van der Waals surface area (Å²) >= 11 is 29.6. The lowest BCUT2D eigenvalue weighted by Crippen LogP contribution is -2.13. The molecule has 27 heavy (non-hydrogen) atoms. The molecule has 0 unspecified atom stereocenters. The van der Waals surface area contributed by atoms with Crippen LogP contribution in [-0.2, 0) is 16.6 Å². The van der Waals surface area contributed by atoms with Gasteiger partial charge in [-0.15, -0.1) is 0 Å². The number of sulfonamides is 1. The largest absolute Gasteiger partial charge is 0.276 e. The van der Waals surface area contributed by atoms with Crippen molar-refractivity contribution in [2.75, 3.05) is 4.72 Å². The van der Waals surface area contributed by atoms with Gasteiger partial charge in [-0.2, -0.15) is 5.10 Å². The molecule has 1 heterocycles. The average Bonchev–Trinajstić information content (AvgIpc) is 3.00. The van der Waals surface area contributed by atoms with E-state index in [0.29, 0.717) is 16.6 Å². The second-order valence-electron chi connectivity index (χ2n) is 5.48. The molecule has 0 saturated carbocycles. The maximum atomic E-state index is 12.6. The van der Waals surface area contributed by atoms with Gasteiger partial charge in [0.15, 0.2) is 0 Å². The molecule has 0 fully saturated rings. The van der Waals surface area contributed by atoms with Gasteiger partial charge in [-0.3, -0.25) is 9.40 Å². The molecule has 0 bridgehead atoms. The van der Waals surface area contributed by atoms with E-state index >= 15 is 0 Å². The number of aromatic nitrogens is 2. The second-order valence-corrected chi connectivity index (χ2v) is 9.16. The fourth-order valence-corrected chi connectivity index (χ4v) is 4.60. The fourth-order valence-electron chi connectivity index (χ4n) is 2.25. The van der Waals surface area contributed by atoms with Crippen LogP contribution < -0.4 is 4.72 Å². The third-order valence-electron chi connectivity index (χ3n) is 3.48. The van der Waals surface area contributed by atoms with E-state index in [1.54, 1.807) is 22.9 Å². The molecule has 0 radical (unpaired) electrons.